The first-order valence-corrected chi connectivity index (χ1v) is 14.9. The molecular weight excluding hydrogens is 510 g/mol. The molecule has 0 spiro atoms. The standard InChI is InChI=1S/C30H33N5O3S/c1-34-15-17-35(18-16-34)20-21-7-9-23(10-8-21)31-29(22-5-3-2-4-6-22)28-26-19-24(11-14-27(26)32-30(28)36)33-39(37,38)25-12-13-25/h2-11,14,19,25,31,33H,12-13,15-18,20H2,1H3,(H,32,36). The Bertz CT molecular complexity index is 1510. The van der Waals surface area contributed by atoms with E-state index in [4.69, 9.17) is 0 Å². The number of piperazine rings is 1. The van der Waals surface area contributed by atoms with E-state index in [9.17, 15) is 13.2 Å². The van der Waals surface area contributed by atoms with Crippen molar-refractivity contribution >= 4 is 44.3 Å². The van der Waals surface area contributed by atoms with Gasteiger partial charge in [0.1, 0.15) is 0 Å². The molecule has 3 aromatic carbocycles. The van der Waals surface area contributed by atoms with Crippen molar-refractivity contribution in [3.63, 3.8) is 0 Å². The van der Waals surface area contributed by atoms with Crippen molar-refractivity contribution < 1.29 is 13.2 Å². The average Bonchev–Trinajstić information content (AvgIpc) is 3.75. The predicted molar refractivity (Wildman–Crippen MR) is 157 cm³/mol. The average molecular weight is 544 g/mol. The normalized spacial score (nSPS) is 19.4. The van der Waals surface area contributed by atoms with Crippen molar-refractivity contribution in [1.82, 2.24) is 9.80 Å². The number of likely N-dealkylation sites (N-methyl/N-ethyl adjacent to an activating group) is 1. The van der Waals surface area contributed by atoms with E-state index in [1.165, 1.54) is 5.56 Å². The number of fused-ring (bicyclic) bond motifs is 1. The molecule has 6 rings (SSSR count). The zero-order valence-electron chi connectivity index (χ0n) is 22.0. The van der Waals surface area contributed by atoms with Gasteiger partial charge >= 0.3 is 0 Å². The Morgan fingerprint density at radius 1 is 0.923 bits per heavy atom. The van der Waals surface area contributed by atoms with Crippen LogP contribution >= 0.6 is 0 Å². The summed E-state index contributed by atoms with van der Waals surface area (Å²) in [7, 11) is -1.26. The third kappa shape index (κ3) is 5.71. The van der Waals surface area contributed by atoms with E-state index < -0.39 is 10.0 Å². The number of benzene rings is 3. The van der Waals surface area contributed by atoms with Crippen LogP contribution in [0.4, 0.5) is 17.1 Å². The molecule has 0 atom stereocenters. The van der Waals surface area contributed by atoms with Gasteiger partial charge in [0.25, 0.3) is 5.91 Å². The van der Waals surface area contributed by atoms with Gasteiger partial charge in [0.05, 0.1) is 16.5 Å². The number of carbonyl (C=O) groups is 1. The van der Waals surface area contributed by atoms with Gasteiger partial charge in [0.15, 0.2) is 0 Å². The Labute approximate surface area is 229 Å². The Morgan fingerprint density at radius 3 is 2.31 bits per heavy atom. The van der Waals surface area contributed by atoms with Crippen LogP contribution < -0.4 is 15.4 Å². The van der Waals surface area contributed by atoms with E-state index >= 15 is 0 Å². The minimum absolute atomic E-state index is 0.231. The molecular formula is C30H33N5O3S. The number of hydrogen-bond acceptors (Lipinski definition) is 6. The van der Waals surface area contributed by atoms with Crippen molar-refractivity contribution in [2.24, 2.45) is 0 Å². The van der Waals surface area contributed by atoms with Crippen molar-refractivity contribution in [1.29, 1.82) is 0 Å². The van der Waals surface area contributed by atoms with Crippen molar-refractivity contribution in [2.45, 2.75) is 24.6 Å². The summed E-state index contributed by atoms with van der Waals surface area (Å²) in [5, 5.41) is 6.11. The van der Waals surface area contributed by atoms with Crippen LogP contribution in [-0.4, -0.2) is 62.6 Å². The van der Waals surface area contributed by atoms with Crippen molar-refractivity contribution in [3.8, 4) is 0 Å². The van der Waals surface area contributed by atoms with Gasteiger partial charge in [-0.1, -0.05) is 42.5 Å². The molecule has 202 valence electrons. The summed E-state index contributed by atoms with van der Waals surface area (Å²) in [4.78, 5) is 18.1. The first-order chi connectivity index (χ1) is 18.9. The summed E-state index contributed by atoms with van der Waals surface area (Å²) in [5.41, 5.74) is 5.89. The number of rotatable bonds is 8. The topological polar surface area (TPSA) is 93.8 Å². The van der Waals surface area contributed by atoms with Crippen LogP contribution in [0.1, 0.15) is 29.5 Å². The Balaban J connectivity index is 1.31. The fraction of sp³-hybridized carbons (Fsp3) is 0.300. The van der Waals surface area contributed by atoms with Crippen molar-refractivity contribution in [3.05, 3.63) is 89.5 Å². The molecule has 3 aliphatic rings. The third-order valence-corrected chi connectivity index (χ3v) is 9.39. The molecule has 0 aromatic heterocycles. The second kappa shape index (κ2) is 10.5. The van der Waals surface area contributed by atoms with E-state index in [0.717, 1.165) is 44.0 Å². The summed E-state index contributed by atoms with van der Waals surface area (Å²) in [5.74, 6) is -0.231. The molecule has 9 heteroatoms. The van der Waals surface area contributed by atoms with Gasteiger partial charge in [-0.2, -0.15) is 0 Å². The number of amides is 1. The lowest BCUT2D eigenvalue weighted by Crippen LogP contribution is -2.43. The minimum atomic E-state index is -3.42. The lowest BCUT2D eigenvalue weighted by atomic mass is 9.99. The highest BCUT2D eigenvalue weighted by Gasteiger charge is 2.36. The van der Waals surface area contributed by atoms with Gasteiger partial charge in [-0.05, 0) is 61.3 Å². The lowest BCUT2D eigenvalue weighted by Gasteiger charge is -2.32. The second-order valence-electron chi connectivity index (χ2n) is 10.6. The molecule has 2 aliphatic heterocycles. The second-order valence-corrected chi connectivity index (χ2v) is 12.5. The number of hydrogen-bond donors (Lipinski definition) is 3. The lowest BCUT2D eigenvalue weighted by molar-refractivity contribution is -0.110. The first-order valence-electron chi connectivity index (χ1n) is 13.4. The van der Waals surface area contributed by atoms with E-state index in [1.54, 1.807) is 18.2 Å². The maximum Gasteiger partial charge on any atom is 0.258 e. The number of carbonyl (C=O) groups excluding carboxylic acids is 1. The molecule has 3 aromatic rings. The van der Waals surface area contributed by atoms with Gasteiger partial charge in [-0.25, -0.2) is 8.42 Å². The van der Waals surface area contributed by atoms with E-state index in [1.807, 2.05) is 42.5 Å². The molecule has 0 bridgehead atoms. The monoisotopic (exact) mass is 543 g/mol. The summed E-state index contributed by atoms with van der Waals surface area (Å²) in [6.45, 7) is 5.21. The highest BCUT2D eigenvalue weighted by molar-refractivity contribution is 7.93. The van der Waals surface area contributed by atoms with Gasteiger partial charge in [0.2, 0.25) is 10.0 Å². The molecule has 2 heterocycles. The Morgan fingerprint density at radius 2 is 1.62 bits per heavy atom. The first kappa shape index (κ1) is 25.6. The predicted octanol–water partition coefficient (Wildman–Crippen LogP) is 4.27. The van der Waals surface area contributed by atoms with Crippen LogP contribution in [0.3, 0.4) is 0 Å². The summed E-state index contributed by atoms with van der Waals surface area (Å²) in [6, 6.07) is 23.3. The summed E-state index contributed by atoms with van der Waals surface area (Å²) < 4.78 is 27.8. The Hall–Kier alpha value is -3.66. The molecule has 39 heavy (non-hydrogen) atoms. The van der Waals surface area contributed by atoms with E-state index in [2.05, 4.69) is 44.3 Å². The Kier molecular flexibility index (Phi) is 6.88. The van der Waals surface area contributed by atoms with Crippen LogP contribution in [0.5, 0.6) is 0 Å². The summed E-state index contributed by atoms with van der Waals surface area (Å²) in [6.07, 6.45) is 1.36. The molecule has 1 amide bonds. The summed E-state index contributed by atoms with van der Waals surface area (Å²) >= 11 is 0. The molecule has 0 radical (unpaired) electrons. The highest BCUT2D eigenvalue weighted by atomic mass is 32.2. The van der Waals surface area contributed by atoms with Gasteiger partial charge in [-0.15, -0.1) is 0 Å². The number of sulfonamides is 1. The van der Waals surface area contributed by atoms with E-state index in [0.29, 0.717) is 41.1 Å². The number of nitrogens with zero attached hydrogens (tertiary/aromatic N) is 2. The molecule has 8 nitrogen and oxygen atoms in total. The third-order valence-electron chi connectivity index (χ3n) is 7.53. The van der Waals surface area contributed by atoms with Gasteiger partial charge in [-0.3, -0.25) is 14.4 Å². The molecule has 0 unspecified atom stereocenters. The molecule has 1 saturated heterocycles. The zero-order valence-corrected chi connectivity index (χ0v) is 22.8. The highest BCUT2D eigenvalue weighted by Crippen LogP contribution is 2.39. The molecule has 1 aliphatic carbocycles. The largest absolute Gasteiger partial charge is 0.354 e. The van der Waals surface area contributed by atoms with Crippen LogP contribution in [0, 0.1) is 0 Å². The van der Waals surface area contributed by atoms with Crippen LogP contribution in [0.2, 0.25) is 0 Å². The zero-order chi connectivity index (χ0) is 27.0. The fourth-order valence-electron chi connectivity index (χ4n) is 5.09. The van der Waals surface area contributed by atoms with E-state index in [-0.39, 0.29) is 11.2 Å². The van der Waals surface area contributed by atoms with Crippen LogP contribution in [-0.2, 0) is 21.4 Å². The number of nitrogens with one attached hydrogen (secondary N) is 3. The molecule has 2 fully saturated rings. The SMILES string of the molecule is CN1CCN(Cc2ccc(NC(=C3C(=O)Nc4ccc(NS(=O)(=O)C5CC5)cc43)c3ccccc3)cc2)CC1. The van der Waals surface area contributed by atoms with Crippen LogP contribution in [0.25, 0.3) is 11.3 Å². The van der Waals surface area contributed by atoms with Crippen molar-refractivity contribution in [2.75, 3.05) is 48.6 Å². The fourth-order valence-corrected chi connectivity index (χ4v) is 6.47. The molecule has 1 saturated carbocycles. The molecule has 3 N–H and O–H groups in total. The maximum absolute atomic E-state index is 13.3. The quantitative estimate of drug-likeness (QED) is 0.368. The van der Waals surface area contributed by atoms with Gasteiger partial charge < -0.3 is 15.5 Å². The van der Waals surface area contributed by atoms with Gasteiger partial charge in [0, 0.05) is 55.3 Å². The van der Waals surface area contributed by atoms with Crippen LogP contribution in [0.15, 0.2) is 72.8 Å². The number of anilines is 3. The smallest absolute Gasteiger partial charge is 0.258 e. The minimum Gasteiger partial charge on any atom is -0.354 e. The maximum atomic E-state index is 13.3.